The van der Waals surface area contributed by atoms with Gasteiger partial charge in [0, 0.05) is 24.0 Å². The Hall–Kier alpha value is -1.50. The van der Waals surface area contributed by atoms with Crippen molar-refractivity contribution in [2.24, 2.45) is 0 Å². The van der Waals surface area contributed by atoms with Crippen molar-refractivity contribution >= 4 is 27.9 Å². The van der Waals surface area contributed by atoms with E-state index >= 15 is 0 Å². The monoisotopic (exact) mass is 310 g/mol. The number of carbonyl (C=O) groups is 2. The molecule has 3 aliphatic rings. The standard InChI is InChI=1S/C11H11BrN4O2/c12-6-4-11-9(13-10(18)14-11)15-3-1-2-7(15)8(17)16(11)5-6/h1-3,6,9H,4-5H2,(H2,13,14,18)/t6-,9-,11+/m0/s1. The first-order valence-electron chi connectivity index (χ1n) is 5.83. The third-order valence-corrected chi connectivity index (χ3v) is 4.58. The molecule has 6 nitrogen and oxygen atoms in total. The highest BCUT2D eigenvalue weighted by atomic mass is 79.9. The van der Waals surface area contributed by atoms with Gasteiger partial charge in [0.25, 0.3) is 5.91 Å². The lowest BCUT2D eigenvalue weighted by Crippen LogP contribution is -2.62. The predicted molar refractivity (Wildman–Crippen MR) is 66.2 cm³/mol. The summed E-state index contributed by atoms with van der Waals surface area (Å²) in [6, 6.07) is 3.40. The molecule has 2 N–H and O–H groups in total. The molecule has 94 valence electrons. The highest BCUT2D eigenvalue weighted by Crippen LogP contribution is 2.44. The normalized spacial score (nSPS) is 36.8. The smallest absolute Gasteiger partial charge is 0.318 e. The zero-order valence-electron chi connectivity index (χ0n) is 9.39. The van der Waals surface area contributed by atoms with Crippen molar-refractivity contribution in [1.29, 1.82) is 0 Å². The molecule has 2 fully saturated rings. The van der Waals surface area contributed by atoms with Gasteiger partial charge in [-0.25, -0.2) is 4.79 Å². The molecule has 0 saturated carbocycles. The van der Waals surface area contributed by atoms with Crippen LogP contribution in [0, 0.1) is 0 Å². The maximum Gasteiger partial charge on any atom is 0.318 e. The van der Waals surface area contributed by atoms with Gasteiger partial charge in [0.1, 0.15) is 11.9 Å². The van der Waals surface area contributed by atoms with Crippen molar-refractivity contribution in [3.8, 4) is 0 Å². The van der Waals surface area contributed by atoms with Crippen LogP contribution < -0.4 is 10.6 Å². The van der Waals surface area contributed by atoms with E-state index in [1.54, 1.807) is 11.0 Å². The second-order valence-corrected chi connectivity index (χ2v) is 6.24. The number of nitrogens with one attached hydrogen (secondary N) is 2. The summed E-state index contributed by atoms with van der Waals surface area (Å²) in [6.07, 6.45) is 2.32. The van der Waals surface area contributed by atoms with E-state index in [0.717, 1.165) is 0 Å². The summed E-state index contributed by atoms with van der Waals surface area (Å²) >= 11 is 3.56. The minimum atomic E-state index is -0.631. The third-order valence-electron chi connectivity index (χ3n) is 3.97. The van der Waals surface area contributed by atoms with Crippen LogP contribution in [-0.2, 0) is 0 Å². The number of hydrogen-bond acceptors (Lipinski definition) is 2. The number of aromatic nitrogens is 1. The number of carbonyl (C=O) groups excluding carboxylic acids is 2. The Morgan fingerprint density at radius 2 is 2.28 bits per heavy atom. The van der Waals surface area contributed by atoms with Gasteiger partial charge in [-0.1, -0.05) is 15.9 Å². The van der Waals surface area contributed by atoms with Crippen molar-refractivity contribution in [2.75, 3.05) is 6.54 Å². The van der Waals surface area contributed by atoms with Gasteiger partial charge in [-0.05, 0) is 12.1 Å². The number of fused-ring (bicyclic) bond motifs is 2. The van der Waals surface area contributed by atoms with Crippen LogP contribution in [0.15, 0.2) is 18.3 Å². The molecular formula is C11H11BrN4O2. The summed E-state index contributed by atoms with van der Waals surface area (Å²) in [6.45, 7) is 0.614. The van der Waals surface area contributed by atoms with E-state index in [4.69, 9.17) is 0 Å². The Balaban J connectivity index is 1.94. The van der Waals surface area contributed by atoms with E-state index < -0.39 is 5.66 Å². The van der Waals surface area contributed by atoms with Crippen LogP contribution in [0.1, 0.15) is 23.1 Å². The molecule has 2 saturated heterocycles. The number of urea groups is 1. The summed E-state index contributed by atoms with van der Waals surface area (Å²) in [5.41, 5.74) is -0.00447. The van der Waals surface area contributed by atoms with E-state index in [1.165, 1.54) is 0 Å². The van der Waals surface area contributed by atoms with Crippen molar-refractivity contribution < 1.29 is 9.59 Å². The summed E-state index contributed by atoms with van der Waals surface area (Å²) in [5.74, 6) is -0.0257. The van der Waals surface area contributed by atoms with Crippen molar-refractivity contribution in [2.45, 2.75) is 23.1 Å². The maximum atomic E-state index is 12.5. The lowest BCUT2D eigenvalue weighted by molar-refractivity contribution is 0.0313. The molecule has 1 aromatic heterocycles. The molecule has 3 aliphatic heterocycles. The van der Waals surface area contributed by atoms with E-state index in [1.807, 2.05) is 16.8 Å². The zero-order chi connectivity index (χ0) is 12.5. The molecule has 18 heavy (non-hydrogen) atoms. The lowest BCUT2D eigenvalue weighted by atomic mass is 10.0. The Morgan fingerprint density at radius 3 is 3.11 bits per heavy atom. The maximum absolute atomic E-state index is 12.5. The highest BCUT2D eigenvalue weighted by molar-refractivity contribution is 9.09. The highest BCUT2D eigenvalue weighted by Gasteiger charge is 2.61. The summed E-state index contributed by atoms with van der Waals surface area (Å²) in [5, 5.41) is 5.83. The van der Waals surface area contributed by atoms with E-state index in [0.29, 0.717) is 18.7 Å². The molecule has 1 spiro atoms. The van der Waals surface area contributed by atoms with Gasteiger partial charge >= 0.3 is 6.03 Å². The second kappa shape index (κ2) is 3.09. The van der Waals surface area contributed by atoms with Crippen molar-refractivity contribution in [1.82, 2.24) is 20.1 Å². The third kappa shape index (κ3) is 1.04. The molecule has 1 aromatic rings. The van der Waals surface area contributed by atoms with Gasteiger partial charge in [-0.3, -0.25) is 4.79 Å². The molecule has 4 heterocycles. The average Bonchev–Trinajstić information content (AvgIpc) is 2.95. The van der Waals surface area contributed by atoms with E-state index in [2.05, 4.69) is 26.6 Å². The van der Waals surface area contributed by atoms with Gasteiger partial charge in [0.2, 0.25) is 0 Å². The predicted octanol–water partition coefficient (Wildman–Crippen LogP) is 0.619. The molecule has 0 aromatic carbocycles. The number of alkyl halides is 1. The number of amides is 3. The van der Waals surface area contributed by atoms with Crippen LogP contribution >= 0.6 is 15.9 Å². The minimum absolute atomic E-state index is 0.0257. The zero-order valence-corrected chi connectivity index (χ0v) is 11.0. The molecule has 0 aliphatic carbocycles. The summed E-state index contributed by atoms with van der Waals surface area (Å²) in [4.78, 5) is 26.1. The SMILES string of the molecule is O=C1N[C@H]2n3cccc3C(=O)N3C[C@@H](Br)C[C@]23N1. The Morgan fingerprint density at radius 1 is 1.44 bits per heavy atom. The van der Waals surface area contributed by atoms with Gasteiger partial charge in [-0.2, -0.15) is 0 Å². The van der Waals surface area contributed by atoms with Crippen LogP contribution in [0.2, 0.25) is 0 Å². The number of halogens is 1. The van der Waals surface area contributed by atoms with Gasteiger partial charge in [-0.15, -0.1) is 0 Å². The molecule has 0 radical (unpaired) electrons. The minimum Gasteiger partial charge on any atom is -0.319 e. The largest absolute Gasteiger partial charge is 0.319 e. The first kappa shape index (κ1) is 10.4. The molecule has 4 rings (SSSR count). The van der Waals surface area contributed by atoms with Crippen LogP contribution in [0.5, 0.6) is 0 Å². The molecule has 3 amide bonds. The summed E-state index contributed by atoms with van der Waals surface area (Å²) < 4.78 is 1.85. The number of rotatable bonds is 0. The van der Waals surface area contributed by atoms with Crippen molar-refractivity contribution in [3.05, 3.63) is 24.0 Å². The molecule has 3 atom stereocenters. The molecular weight excluding hydrogens is 300 g/mol. The summed E-state index contributed by atoms with van der Waals surface area (Å²) in [7, 11) is 0. The molecule has 7 heteroatoms. The fourth-order valence-corrected chi connectivity index (χ4v) is 4.08. The quantitative estimate of drug-likeness (QED) is 0.690. The van der Waals surface area contributed by atoms with Crippen LogP contribution in [-0.4, -0.2) is 38.4 Å². The molecule has 0 bridgehead atoms. The first-order chi connectivity index (χ1) is 8.62. The fourth-order valence-electron chi connectivity index (χ4n) is 3.30. The second-order valence-electron chi connectivity index (χ2n) is 4.94. The topological polar surface area (TPSA) is 66.4 Å². The van der Waals surface area contributed by atoms with E-state index in [9.17, 15) is 9.59 Å². The fraction of sp³-hybridized carbons (Fsp3) is 0.455. The van der Waals surface area contributed by atoms with Gasteiger partial charge in [0.15, 0.2) is 5.66 Å². The molecule has 0 unspecified atom stereocenters. The number of hydrogen-bond donors (Lipinski definition) is 2. The lowest BCUT2D eigenvalue weighted by Gasteiger charge is -2.43. The Kier molecular flexibility index (Phi) is 1.79. The van der Waals surface area contributed by atoms with Crippen LogP contribution in [0.25, 0.3) is 0 Å². The van der Waals surface area contributed by atoms with Crippen LogP contribution in [0.3, 0.4) is 0 Å². The van der Waals surface area contributed by atoms with Gasteiger partial charge in [0.05, 0.1) is 0 Å². The van der Waals surface area contributed by atoms with Gasteiger partial charge < -0.3 is 20.1 Å². The Labute approximate surface area is 111 Å². The number of nitrogens with zero attached hydrogens (tertiary/aromatic N) is 2. The van der Waals surface area contributed by atoms with Crippen LogP contribution in [0.4, 0.5) is 4.79 Å². The van der Waals surface area contributed by atoms with Crippen molar-refractivity contribution in [3.63, 3.8) is 0 Å². The Bertz CT molecular complexity index is 571. The van der Waals surface area contributed by atoms with E-state index in [-0.39, 0.29) is 22.9 Å². The average molecular weight is 311 g/mol. The first-order valence-corrected chi connectivity index (χ1v) is 6.75.